The summed E-state index contributed by atoms with van der Waals surface area (Å²) in [7, 11) is 0. The third-order valence-corrected chi connectivity index (χ3v) is 2.71. The van der Waals surface area contributed by atoms with Gasteiger partial charge in [-0.25, -0.2) is 4.98 Å². The van der Waals surface area contributed by atoms with Crippen molar-refractivity contribution in [1.82, 2.24) is 15.3 Å². The Balaban J connectivity index is 2.04. The predicted octanol–water partition coefficient (Wildman–Crippen LogP) is 2.56. The van der Waals surface area contributed by atoms with Crippen LogP contribution in [0.3, 0.4) is 0 Å². The molecule has 5 nitrogen and oxygen atoms in total. The average molecular weight is 298 g/mol. The molecule has 2 heterocycles. The lowest BCUT2D eigenvalue weighted by molar-refractivity contribution is 0.0929. The number of amides is 1. The SMILES string of the molecule is Cc1cnc(C(C)NC(=O)c2cc(Br)c[nH]2)o1. The highest BCUT2D eigenvalue weighted by Crippen LogP contribution is 2.14. The Labute approximate surface area is 107 Å². The third-order valence-electron chi connectivity index (χ3n) is 2.25. The van der Waals surface area contributed by atoms with Gasteiger partial charge in [0, 0.05) is 10.7 Å². The number of aromatic amines is 1. The van der Waals surface area contributed by atoms with E-state index in [-0.39, 0.29) is 11.9 Å². The summed E-state index contributed by atoms with van der Waals surface area (Å²) in [6, 6.07) is 1.45. The van der Waals surface area contributed by atoms with Crippen LogP contribution >= 0.6 is 15.9 Å². The number of oxazole rings is 1. The molecule has 0 aliphatic carbocycles. The zero-order valence-corrected chi connectivity index (χ0v) is 11.0. The first-order valence-corrected chi connectivity index (χ1v) is 5.92. The molecule has 1 unspecified atom stereocenters. The van der Waals surface area contributed by atoms with E-state index in [2.05, 4.69) is 31.2 Å². The van der Waals surface area contributed by atoms with Gasteiger partial charge < -0.3 is 14.7 Å². The number of nitrogens with one attached hydrogen (secondary N) is 2. The minimum atomic E-state index is -0.265. The van der Waals surface area contributed by atoms with E-state index in [0.717, 1.165) is 10.2 Å². The van der Waals surface area contributed by atoms with E-state index in [1.54, 1.807) is 18.5 Å². The molecule has 2 aromatic rings. The van der Waals surface area contributed by atoms with Gasteiger partial charge in [-0.1, -0.05) is 0 Å². The van der Waals surface area contributed by atoms with Crippen molar-refractivity contribution in [2.24, 2.45) is 0 Å². The van der Waals surface area contributed by atoms with Gasteiger partial charge in [-0.3, -0.25) is 4.79 Å². The number of nitrogens with zero attached hydrogens (tertiary/aromatic N) is 1. The van der Waals surface area contributed by atoms with Crippen LogP contribution in [0.1, 0.15) is 35.1 Å². The summed E-state index contributed by atoms with van der Waals surface area (Å²) >= 11 is 3.27. The fraction of sp³-hybridized carbons (Fsp3) is 0.273. The zero-order chi connectivity index (χ0) is 12.4. The molecule has 6 heteroatoms. The molecule has 0 aliphatic heterocycles. The number of H-pyrrole nitrogens is 1. The van der Waals surface area contributed by atoms with Crippen LogP contribution in [-0.2, 0) is 0 Å². The topological polar surface area (TPSA) is 70.9 Å². The van der Waals surface area contributed by atoms with E-state index in [1.807, 2.05) is 13.8 Å². The molecule has 2 aromatic heterocycles. The Hall–Kier alpha value is -1.56. The Morgan fingerprint density at radius 3 is 2.94 bits per heavy atom. The molecule has 17 heavy (non-hydrogen) atoms. The lowest BCUT2D eigenvalue weighted by Gasteiger charge is -2.09. The molecule has 0 radical (unpaired) electrons. The molecule has 2 N–H and O–H groups in total. The first-order valence-electron chi connectivity index (χ1n) is 5.13. The highest BCUT2D eigenvalue weighted by atomic mass is 79.9. The summed E-state index contributed by atoms with van der Waals surface area (Å²) in [5.41, 5.74) is 0.493. The Morgan fingerprint density at radius 2 is 2.41 bits per heavy atom. The smallest absolute Gasteiger partial charge is 0.268 e. The molecule has 0 saturated heterocycles. The van der Waals surface area contributed by atoms with Gasteiger partial charge in [-0.15, -0.1) is 0 Å². The Kier molecular flexibility index (Phi) is 3.33. The van der Waals surface area contributed by atoms with Crippen LogP contribution < -0.4 is 5.32 Å². The molecule has 0 bridgehead atoms. The molecule has 0 aromatic carbocycles. The molecule has 90 valence electrons. The number of halogens is 1. The normalized spacial score (nSPS) is 12.4. The Morgan fingerprint density at radius 1 is 1.65 bits per heavy atom. The van der Waals surface area contributed by atoms with Crippen LogP contribution in [0.2, 0.25) is 0 Å². The van der Waals surface area contributed by atoms with E-state index in [1.165, 1.54) is 0 Å². The summed E-state index contributed by atoms with van der Waals surface area (Å²) in [5, 5.41) is 2.79. The van der Waals surface area contributed by atoms with Gasteiger partial charge in [0.1, 0.15) is 17.5 Å². The van der Waals surface area contributed by atoms with Crippen molar-refractivity contribution >= 4 is 21.8 Å². The predicted molar refractivity (Wildman–Crippen MR) is 65.6 cm³/mol. The molecule has 2 rings (SSSR count). The molecule has 0 saturated carbocycles. The van der Waals surface area contributed by atoms with Gasteiger partial charge in [0.05, 0.1) is 6.20 Å². The van der Waals surface area contributed by atoms with E-state index in [4.69, 9.17) is 4.42 Å². The minimum absolute atomic E-state index is 0.195. The van der Waals surface area contributed by atoms with E-state index in [9.17, 15) is 4.79 Å². The van der Waals surface area contributed by atoms with Gasteiger partial charge in [0.25, 0.3) is 5.91 Å². The fourth-order valence-electron chi connectivity index (χ4n) is 1.41. The molecular weight excluding hydrogens is 286 g/mol. The van der Waals surface area contributed by atoms with Crippen LogP contribution in [0, 0.1) is 6.92 Å². The minimum Gasteiger partial charge on any atom is -0.444 e. The van der Waals surface area contributed by atoms with Crippen LogP contribution in [-0.4, -0.2) is 15.9 Å². The van der Waals surface area contributed by atoms with E-state index >= 15 is 0 Å². The monoisotopic (exact) mass is 297 g/mol. The summed E-state index contributed by atoms with van der Waals surface area (Å²) in [5.74, 6) is 1.03. The molecule has 0 spiro atoms. The van der Waals surface area contributed by atoms with Crippen molar-refractivity contribution in [3.05, 3.63) is 40.3 Å². The second-order valence-corrected chi connectivity index (χ2v) is 4.65. The zero-order valence-electron chi connectivity index (χ0n) is 9.45. The van der Waals surface area contributed by atoms with Gasteiger partial charge in [-0.2, -0.15) is 0 Å². The molecule has 0 aliphatic rings. The van der Waals surface area contributed by atoms with Crippen molar-refractivity contribution in [2.75, 3.05) is 0 Å². The number of aryl methyl sites for hydroxylation is 1. The largest absolute Gasteiger partial charge is 0.444 e. The van der Waals surface area contributed by atoms with Crippen molar-refractivity contribution in [2.45, 2.75) is 19.9 Å². The van der Waals surface area contributed by atoms with Crippen LogP contribution in [0.15, 0.2) is 27.3 Å². The molecular formula is C11H12BrN3O2. The van der Waals surface area contributed by atoms with Crippen LogP contribution in [0.25, 0.3) is 0 Å². The van der Waals surface area contributed by atoms with E-state index in [0.29, 0.717) is 11.6 Å². The number of hydrogen-bond acceptors (Lipinski definition) is 3. The lowest BCUT2D eigenvalue weighted by Crippen LogP contribution is -2.27. The summed E-state index contributed by atoms with van der Waals surface area (Å²) < 4.78 is 6.18. The summed E-state index contributed by atoms with van der Waals surface area (Å²) in [6.45, 7) is 3.63. The van der Waals surface area contributed by atoms with Gasteiger partial charge in [0.2, 0.25) is 5.89 Å². The lowest BCUT2D eigenvalue weighted by atomic mass is 10.3. The fourth-order valence-corrected chi connectivity index (χ4v) is 1.75. The third kappa shape index (κ3) is 2.76. The average Bonchev–Trinajstić information content (AvgIpc) is 2.87. The Bertz CT molecular complexity index is 532. The van der Waals surface area contributed by atoms with Crippen molar-refractivity contribution < 1.29 is 9.21 Å². The first kappa shape index (κ1) is 11.9. The molecule has 1 amide bonds. The number of carbonyl (C=O) groups excluding carboxylic acids is 1. The van der Waals surface area contributed by atoms with Crippen molar-refractivity contribution in [1.29, 1.82) is 0 Å². The maximum Gasteiger partial charge on any atom is 0.268 e. The highest BCUT2D eigenvalue weighted by molar-refractivity contribution is 9.10. The molecule has 0 fully saturated rings. The van der Waals surface area contributed by atoms with Crippen LogP contribution in [0.5, 0.6) is 0 Å². The number of rotatable bonds is 3. The quantitative estimate of drug-likeness (QED) is 0.915. The van der Waals surface area contributed by atoms with Crippen molar-refractivity contribution in [3.8, 4) is 0 Å². The maximum atomic E-state index is 11.8. The highest BCUT2D eigenvalue weighted by Gasteiger charge is 2.16. The molecule has 1 atom stereocenters. The maximum absolute atomic E-state index is 11.8. The number of hydrogen-bond donors (Lipinski definition) is 2. The van der Waals surface area contributed by atoms with E-state index < -0.39 is 0 Å². The van der Waals surface area contributed by atoms with Gasteiger partial charge in [0.15, 0.2) is 0 Å². The van der Waals surface area contributed by atoms with Crippen LogP contribution in [0.4, 0.5) is 0 Å². The summed E-state index contributed by atoms with van der Waals surface area (Å²) in [4.78, 5) is 18.7. The number of carbonyl (C=O) groups is 1. The number of aromatic nitrogens is 2. The second-order valence-electron chi connectivity index (χ2n) is 3.74. The standard InChI is InChI=1S/C11H12BrN3O2/c1-6-4-14-11(17-6)7(2)15-10(16)9-3-8(12)5-13-9/h3-5,7,13H,1-2H3,(H,15,16). The van der Waals surface area contributed by atoms with Gasteiger partial charge >= 0.3 is 0 Å². The summed E-state index contributed by atoms with van der Waals surface area (Å²) in [6.07, 6.45) is 3.33. The first-order chi connectivity index (χ1) is 8.06. The van der Waals surface area contributed by atoms with Crippen molar-refractivity contribution in [3.63, 3.8) is 0 Å². The van der Waals surface area contributed by atoms with Gasteiger partial charge in [-0.05, 0) is 35.8 Å². The second kappa shape index (κ2) is 4.75.